The maximum Gasteiger partial charge on any atom is 0.164 e. The minimum atomic E-state index is -0.0196. The fourth-order valence-electron chi connectivity index (χ4n) is 7.76. The first-order chi connectivity index (χ1) is 25.1. The highest BCUT2D eigenvalue weighted by atomic mass is 15.0. The number of hydrogen-bond acceptors (Lipinski definition) is 3. The maximum absolute atomic E-state index is 5.06. The molecule has 3 heteroatoms. The van der Waals surface area contributed by atoms with Gasteiger partial charge in [-0.25, -0.2) is 15.0 Å². The predicted octanol–water partition coefficient (Wildman–Crippen LogP) is 12.6. The second-order valence-electron chi connectivity index (χ2n) is 13.6. The Morgan fingerprint density at radius 2 is 1.04 bits per heavy atom. The van der Waals surface area contributed by atoms with Gasteiger partial charge in [-0.15, -0.1) is 0 Å². The monoisotopic (exact) mass is 659 g/mol. The Morgan fingerprint density at radius 1 is 0.490 bits per heavy atom. The van der Waals surface area contributed by atoms with Crippen LogP contribution in [-0.4, -0.2) is 15.0 Å². The van der Waals surface area contributed by atoms with Gasteiger partial charge in [-0.1, -0.05) is 171 Å². The van der Waals surface area contributed by atoms with E-state index in [2.05, 4.69) is 134 Å². The smallest absolute Gasteiger partial charge is 0.164 e. The van der Waals surface area contributed by atoms with Crippen molar-refractivity contribution in [2.45, 2.75) is 44.4 Å². The van der Waals surface area contributed by atoms with Gasteiger partial charge < -0.3 is 0 Å². The number of aromatic nitrogens is 3. The van der Waals surface area contributed by atoms with E-state index in [4.69, 9.17) is 15.0 Å². The highest BCUT2D eigenvalue weighted by molar-refractivity contribution is 5.87. The molecular weight excluding hydrogens is 619 g/mol. The van der Waals surface area contributed by atoms with E-state index in [9.17, 15) is 0 Å². The zero-order valence-electron chi connectivity index (χ0n) is 29.1. The van der Waals surface area contributed by atoms with Crippen molar-refractivity contribution in [1.82, 2.24) is 15.0 Å². The number of allylic oxidation sites excluding steroid dienone is 1. The van der Waals surface area contributed by atoms with Crippen LogP contribution in [0, 0.1) is 0 Å². The van der Waals surface area contributed by atoms with E-state index < -0.39 is 0 Å². The number of hydrogen-bond donors (Lipinski definition) is 0. The average molecular weight is 660 g/mol. The summed E-state index contributed by atoms with van der Waals surface area (Å²) >= 11 is 0. The van der Waals surface area contributed by atoms with Crippen LogP contribution in [0.3, 0.4) is 0 Å². The molecule has 1 fully saturated rings. The zero-order chi connectivity index (χ0) is 34.6. The molecule has 1 aromatic heterocycles. The van der Waals surface area contributed by atoms with Crippen molar-refractivity contribution in [3.63, 3.8) is 0 Å². The van der Waals surface area contributed by atoms with Gasteiger partial charge in [-0.3, -0.25) is 0 Å². The fraction of sp³-hybridized carbons (Fsp3) is 0.146. The highest BCUT2D eigenvalue weighted by Crippen LogP contribution is 2.46. The van der Waals surface area contributed by atoms with Crippen LogP contribution in [0.2, 0.25) is 0 Å². The Bertz CT molecular complexity index is 2350. The molecule has 8 rings (SSSR count). The van der Waals surface area contributed by atoms with Gasteiger partial charge in [0.15, 0.2) is 17.5 Å². The molecule has 6 aromatic carbocycles. The quantitative estimate of drug-likeness (QED) is 0.163. The van der Waals surface area contributed by atoms with Gasteiger partial charge in [0, 0.05) is 22.1 Å². The van der Waals surface area contributed by atoms with Crippen molar-refractivity contribution < 1.29 is 0 Å². The molecule has 1 heterocycles. The SMILES string of the molecule is C=Cc1ccc(-c2nc(-c3ccccc3)nc(-c3ccc(C4(c5ccc(-c6ccc7ccccc7c6)cc5)CCCCC4)cc3)n2)cc1/C=C\C. The van der Waals surface area contributed by atoms with E-state index >= 15 is 0 Å². The van der Waals surface area contributed by atoms with Crippen molar-refractivity contribution in [3.05, 3.63) is 174 Å². The third kappa shape index (κ3) is 6.44. The molecule has 0 amide bonds. The summed E-state index contributed by atoms with van der Waals surface area (Å²) in [5, 5.41) is 2.54. The lowest BCUT2D eigenvalue weighted by Gasteiger charge is -2.39. The summed E-state index contributed by atoms with van der Waals surface area (Å²) < 4.78 is 0. The highest BCUT2D eigenvalue weighted by Gasteiger charge is 2.35. The van der Waals surface area contributed by atoms with Crippen LogP contribution < -0.4 is 0 Å². The predicted molar refractivity (Wildman–Crippen MR) is 214 cm³/mol. The van der Waals surface area contributed by atoms with Crippen molar-refractivity contribution >= 4 is 22.9 Å². The third-order valence-electron chi connectivity index (χ3n) is 10.5. The summed E-state index contributed by atoms with van der Waals surface area (Å²) in [6.07, 6.45) is 12.0. The zero-order valence-corrected chi connectivity index (χ0v) is 29.1. The van der Waals surface area contributed by atoms with Gasteiger partial charge in [0.05, 0.1) is 0 Å². The molecule has 0 unspecified atom stereocenters. The van der Waals surface area contributed by atoms with Crippen molar-refractivity contribution in [3.8, 4) is 45.3 Å². The Morgan fingerprint density at radius 3 is 1.69 bits per heavy atom. The molecule has 0 N–H and O–H groups in total. The molecule has 0 bridgehead atoms. The number of benzene rings is 6. The van der Waals surface area contributed by atoms with E-state index in [1.54, 1.807) is 0 Å². The van der Waals surface area contributed by atoms with Crippen LogP contribution in [0.1, 0.15) is 61.3 Å². The molecule has 7 aromatic rings. The lowest BCUT2D eigenvalue weighted by Crippen LogP contribution is -2.30. The van der Waals surface area contributed by atoms with Crippen LogP contribution in [0.15, 0.2) is 152 Å². The summed E-state index contributed by atoms with van der Waals surface area (Å²) in [6.45, 7) is 6.02. The van der Waals surface area contributed by atoms with Gasteiger partial charge in [-0.2, -0.15) is 0 Å². The van der Waals surface area contributed by atoms with E-state index in [1.165, 1.54) is 52.3 Å². The molecule has 0 radical (unpaired) electrons. The van der Waals surface area contributed by atoms with Gasteiger partial charge in [0.2, 0.25) is 0 Å². The molecule has 0 spiro atoms. The number of nitrogens with zero attached hydrogens (tertiary/aromatic N) is 3. The standard InChI is InChI=1S/C48H41N3/c1-3-13-39-33-42(21-18-34(39)4-2)47-50-45(37-15-7-5-8-16-37)49-46(51-47)38-24-28-44(29-25-38)48(30-11-6-12-31-48)43-26-22-36(23-27-43)41-20-19-35-14-9-10-17-40(35)32-41/h3-5,7-10,13-29,32-33H,2,6,11-12,30-31H2,1H3/b13-3-. The third-order valence-corrected chi connectivity index (χ3v) is 10.5. The second-order valence-corrected chi connectivity index (χ2v) is 13.6. The van der Waals surface area contributed by atoms with E-state index in [0.29, 0.717) is 17.5 Å². The first-order valence-corrected chi connectivity index (χ1v) is 18.1. The number of rotatable bonds is 8. The summed E-state index contributed by atoms with van der Waals surface area (Å²) in [7, 11) is 0. The van der Waals surface area contributed by atoms with Crippen LogP contribution in [0.5, 0.6) is 0 Å². The first-order valence-electron chi connectivity index (χ1n) is 18.1. The lowest BCUT2D eigenvalue weighted by molar-refractivity contribution is 0.346. The summed E-state index contributed by atoms with van der Waals surface area (Å²) in [4.78, 5) is 15.0. The molecule has 0 atom stereocenters. The lowest BCUT2D eigenvalue weighted by atomic mass is 9.65. The van der Waals surface area contributed by atoms with Crippen LogP contribution in [-0.2, 0) is 5.41 Å². The molecule has 248 valence electrons. The van der Waals surface area contributed by atoms with Crippen LogP contribution in [0.25, 0.3) is 68.2 Å². The van der Waals surface area contributed by atoms with Crippen LogP contribution >= 0.6 is 0 Å². The number of fused-ring (bicyclic) bond motifs is 1. The topological polar surface area (TPSA) is 38.7 Å². The molecule has 1 aliphatic carbocycles. The van der Waals surface area contributed by atoms with Gasteiger partial charge in [0.1, 0.15) is 0 Å². The Hall–Kier alpha value is -5.93. The molecule has 51 heavy (non-hydrogen) atoms. The average Bonchev–Trinajstić information content (AvgIpc) is 3.21. The molecule has 1 saturated carbocycles. The molecule has 1 aliphatic rings. The Balaban J connectivity index is 1.16. The molecular formula is C48H41N3. The normalized spacial score (nSPS) is 14.1. The largest absolute Gasteiger partial charge is 0.208 e. The minimum Gasteiger partial charge on any atom is -0.208 e. The van der Waals surface area contributed by atoms with E-state index in [-0.39, 0.29) is 5.41 Å². The first kappa shape index (κ1) is 32.3. The summed E-state index contributed by atoms with van der Waals surface area (Å²) in [5.74, 6) is 1.98. The van der Waals surface area contributed by atoms with Crippen molar-refractivity contribution in [2.24, 2.45) is 0 Å². The molecule has 3 nitrogen and oxygen atoms in total. The Labute approximate surface area is 301 Å². The Kier molecular flexibility index (Phi) is 8.94. The second kappa shape index (κ2) is 14.1. The molecule has 0 aliphatic heterocycles. The van der Waals surface area contributed by atoms with Gasteiger partial charge >= 0.3 is 0 Å². The maximum atomic E-state index is 5.06. The van der Waals surface area contributed by atoms with E-state index in [0.717, 1.165) is 40.7 Å². The molecule has 0 saturated heterocycles. The van der Waals surface area contributed by atoms with E-state index in [1.807, 2.05) is 37.3 Å². The van der Waals surface area contributed by atoms with Gasteiger partial charge in [0.25, 0.3) is 0 Å². The van der Waals surface area contributed by atoms with Crippen LogP contribution in [0.4, 0.5) is 0 Å². The fourth-order valence-corrected chi connectivity index (χ4v) is 7.76. The van der Waals surface area contributed by atoms with Crippen molar-refractivity contribution in [1.29, 1.82) is 0 Å². The van der Waals surface area contributed by atoms with Gasteiger partial charge in [-0.05, 0) is 76.1 Å². The summed E-state index contributed by atoms with van der Waals surface area (Å²) in [6, 6.07) is 50.2. The van der Waals surface area contributed by atoms with Crippen molar-refractivity contribution in [2.75, 3.05) is 0 Å². The minimum absolute atomic E-state index is 0.0196. The summed E-state index contributed by atoms with van der Waals surface area (Å²) in [5.41, 5.74) is 10.3.